The normalized spacial score (nSPS) is 12.2. The first-order valence-electron chi connectivity index (χ1n) is 6.78. The van der Waals surface area contributed by atoms with Gasteiger partial charge in [-0.15, -0.1) is 0 Å². The van der Waals surface area contributed by atoms with E-state index in [1.165, 1.54) is 15.9 Å². The van der Waals surface area contributed by atoms with Gasteiger partial charge in [0.25, 0.3) is 0 Å². The molecule has 0 saturated carbocycles. The second-order valence-corrected chi connectivity index (χ2v) is 12.6. The Bertz CT molecular complexity index is 617. The van der Waals surface area contributed by atoms with Crippen LogP contribution in [0, 0.1) is 0 Å². The van der Waals surface area contributed by atoms with Crippen LogP contribution in [-0.2, 0) is 20.2 Å². The van der Waals surface area contributed by atoms with Crippen LogP contribution < -0.4 is 15.9 Å². The molecule has 0 heterocycles. The fourth-order valence-corrected chi connectivity index (χ4v) is 9.94. The van der Waals surface area contributed by atoms with Gasteiger partial charge >= 0.3 is 133 Å². The third-order valence-corrected chi connectivity index (χ3v) is 12.9. The molecule has 0 aliphatic carbocycles. The molecule has 3 heteroatoms. The predicted molar refractivity (Wildman–Crippen MR) is 87.2 cm³/mol. The van der Waals surface area contributed by atoms with Gasteiger partial charge in [0, 0.05) is 0 Å². The monoisotopic (exact) mass is 382 g/mol. The first-order valence-corrected chi connectivity index (χ1v) is 11.7. The van der Waals surface area contributed by atoms with E-state index in [1.54, 1.807) is 0 Å². The molecular formula is C18H16OPRh. The van der Waals surface area contributed by atoms with Gasteiger partial charge in [-0.1, -0.05) is 0 Å². The molecule has 0 aliphatic rings. The van der Waals surface area contributed by atoms with Crippen molar-refractivity contribution >= 4 is 21.5 Å². The van der Waals surface area contributed by atoms with E-state index in [4.69, 9.17) is 0 Å². The van der Waals surface area contributed by atoms with Gasteiger partial charge in [-0.3, -0.25) is 0 Å². The van der Waals surface area contributed by atoms with Gasteiger partial charge in [0.05, 0.1) is 0 Å². The molecule has 0 unspecified atom stereocenters. The van der Waals surface area contributed by atoms with E-state index >= 15 is 0 Å². The van der Waals surface area contributed by atoms with Gasteiger partial charge in [-0.25, -0.2) is 0 Å². The average Bonchev–Trinajstić information content (AvgIpc) is 2.59. The van der Waals surface area contributed by atoms with Crippen molar-refractivity contribution in [3.05, 3.63) is 91.0 Å². The Morgan fingerprint density at radius 2 is 0.810 bits per heavy atom. The zero-order valence-corrected chi connectivity index (χ0v) is 14.0. The van der Waals surface area contributed by atoms with Crippen LogP contribution in [0.4, 0.5) is 0 Å². The molecule has 1 nitrogen and oxygen atoms in total. The maximum absolute atomic E-state index is 12.5. The van der Waals surface area contributed by atoms with Crippen LogP contribution in [0.25, 0.3) is 0 Å². The van der Waals surface area contributed by atoms with Crippen LogP contribution in [0.15, 0.2) is 91.0 Å². The van der Waals surface area contributed by atoms with Gasteiger partial charge in [0.1, 0.15) is 0 Å². The summed E-state index contributed by atoms with van der Waals surface area (Å²) in [6.45, 7) is 0. The summed E-state index contributed by atoms with van der Waals surface area (Å²) in [6.07, 6.45) is 0. The van der Waals surface area contributed by atoms with Crippen molar-refractivity contribution in [3.63, 3.8) is 0 Å². The van der Waals surface area contributed by atoms with Gasteiger partial charge < -0.3 is 0 Å². The van der Waals surface area contributed by atoms with Crippen molar-refractivity contribution in [1.82, 2.24) is 0 Å². The SMILES string of the molecule is [O]=[Rh][PH](c1ccccc1)(c1ccccc1)c1ccccc1. The topological polar surface area (TPSA) is 17.1 Å². The molecular weight excluding hydrogens is 366 g/mol. The quantitative estimate of drug-likeness (QED) is 0.501. The number of benzene rings is 3. The van der Waals surface area contributed by atoms with Crippen LogP contribution in [0.1, 0.15) is 0 Å². The summed E-state index contributed by atoms with van der Waals surface area (Å²) in [7, 11) is 0. The first-order chi connectivity index (χ1) is 10.4. The Balaban J connectivity index is 2.31. The molecule has 0 bridgehead atoms. The number of rotatable bonds is 4. The summed E-state index contributed by atoms with van der Waals surface area (Å²) in [5.41, 5.74) is -2.38. The van der Waals surface area contributed by atoms with Gasteiger partial charge in [0.2, 0.25) is 0 Å². The summed E-state index contributed by atoms with van der Waals surface area (Å²) in [5.74, 6) is 0. The van der Waals surface area contributed by atoms with E-state index in [9.17, 15) is 3.57 Å². The van der Waals surface area contributed by atoms with Crippen LogP contribution in [-0.4, -0.2) is 0 Å². The Hall–Kier alpha value is -1.49. The molecule has 108 valence electrons. The molecule has 0 aromatic heterocycles. The van der Waals surface area contributed by atoms with E-state index in [2.05, 4.69) is 36.4 Å². The zero-order chi connectivity index (χ0) is 14.5. The zero-order valence-electron chi connectivity index (χ0n) is 11.4. The standard InChI is InChI=1S/C18H15P.O.Rh/c1-4-10-16(11-5-1)19(17-12-6-2-7-13-17)18-14-8-3-9-15-18;;/h1-15H;;/q;;-1/p+1. The molecule has 0 fully saturated rings. The minimum absolute atomic E-state index is 0.787. The van der Waals surface area contributed by atoms with E-state index in [0.717, 1.165) is 0 Å². The molecule has 3 aromatic rings. The molecule has 0 N–H and O–H groups in total. The van der Waals surface area contributed by atoms with Crippen molar-refractivity contribution in [1.29, 1.82) is 0 Å². The molecule has 3 aromatic carbocycles. The van der Waals surface area contributed by atoms with Crippen molar-refractivity contribution in [2.24, 2.45) is 0 Å². The van der Waals surface area contributed by atoms with Crippen LogP contribution >= 0.6 is 5.59 Å². The van der Waals surface area contributed by atoms with Crippen LogP contribution in [0.2, 0.25) is 0 Å². The fraction of sp³-hybridized carbons (Fsp3) is 0. The Labute approximate surface area is 132 Å². The van der Waals surface area contributed by atoms with Gasteiger partial charge in [0.15, 0.2) is 0 Å². The minimum atomic E-state index is -2.38. The third kappa shape index (κ3) is 2.67. The van der Waals surface area contributed by atoms with Crippen molar-refractivity contribution in [2.75, 3.05) is 0 Å². The Kier molecular flexibility index (Phi) is 4.49. The molecule has 0 aliphatic heterocycles. The van der Waals surface area contributed by atoms with E-state index in [1.807, 2.05) is 54.6 Å². The molecule has 0 amide bonds. The second kappa shape index (κ2) is 6.52. The summed E-state index contributed by atoms with van der Waals surface area (Å²) in [5, 5.41) is 3.63. The number of hydrogen-bond donors (Lipinski definition) is 0. The molecule has 21 heavy (non-hydrogen) atoms. The van der Waals surface area contributed by atoms with Crippen molar-refractivity contribution < 1.29 is 20.2 Å². The molecule has 3 rings (SSSR count). The predicted octanol–water partition coefficient (Wildman–Crippen LogP) is 3.06. The third-order valence-electron chi connectivity index (χ3n) is 3.58. The average molecular weight is 382 g/mol. The first kappa shape index (κ1) is 14.5. The molecule has 0 saturated heterocycles. The summed E-state index contributed by atoms with van der Waals surface area (Å²) >= 11 is -0.787. The van der Waals surface area contributed by atoms with Gasteiger partial charge in [-0.2, -0.15) is 0 Å². The maximum atomic E-state index is 12.5. The second-order valence-electron chi connectivity index (χ2n) is 4.79. The summed E-state index contributed by atoms with van der Waals surface area (Å²) in [4.78, 5) is 0. The van der Waals surface area contributed by atoms with Crippen LogP contribution in [0.3, 0.4) is 0 Å². The molecule has 0 atom stereocenters. The van der Waals surface area contributed by atoms with E-state index in [-0.39, 0.29) is 0 Å². The Morgan fingerprint density at radius 1 is 0.524 bits per heavy atom. The summed E-state index contributed by atoms with van der Waals surface area (Å²) < 4.78 is 12.5. The molecule has 0 radical (unpaired) electrons. The van der Waals surface area contributed by atoms with Gasteiger partial charge in [-0.05, 0) is 0 Å². The van der Waals surface area contributed by atoms with Crippen LogP contribution in [0.5, 0.6) is 0 Å². The summed E-state index contributed by atoms with van der Waals surface area (Å²) in [6, 6.07) is 31.0. The van der Waals surface area contributed by atoms with E-state index < -0.39 is 22.2 Å². The van der Waals surface area contributed by atoms with E-state index in [0.29, 0.717) is 0 Å². The Morgan fingerprint density at radius 3 is 1.05 bits per heavy atom. The number of hydrogen-bond acceptors (Lipinski definition) is 1. The molecule has 0 spiro atoms. The fourth-order valence-electron chi connectivity index (χ4n) is 2.60. The van der Waals surface area contributed by atoms with Crippen molar-refractivity contribution in [3.8, 4) is 0 Å². The van der Waals surface area contributed by atoms with Crippen molar-refractivity contribution in [2.45, 2.75) is 0 Å².